The van der Waals surface area contributed by atoms with Crippen LogP contribution in [0.2, 0.25) is 0 Å². The van der Waals surface area contributed by atoms with Gasteiger partial charge in [-0.05, 0) is 12.1 Å². The molecule has 4 nitrogen and oxygen atoms in total. The minimum Gasteiger partial charge on any atom is -0.487 e. The SMILES string of the molecule is CCC(=O)N/N=C1/COc2ccccc21. The number of amides is 1. The molecule has 0 radical (unpaired) electrons. The predicted molar refractivity (Wildman–Crippen MR) is 56.9 cm³/mol. The van der Waals surface area contributed by atoms with Crippen molar-refractivity contribution in [3.63, 3.8) is 0 Å². The highest BCUT2D eigenvalue weighted by Gasteiger charge is 2.18. The Morgan fingerprint density at radius 2 is 2.33 bits per heavy atom. The van der Waals surface area contributed by atoms with Crippen LogP contribution in [0, 0.1) is 0 Å². The molecule has 1 aromatic rings. The Labute approximate surface area is 87.9 Å². The van der Waals surface area contributed by atoms with E-state index in [1.165, 1.54) is 0 Å². The number of benzene rings is 1. The Hall–Kier alpha value is -1.84. The molecule has 0 atom stereocenters. The van der Waals surface area contributed by atoms with E-state index in [4.69, 9.17) is 4.74 Å². The molecule has 0 spiro atoms. The van der Waals surface area contributed by atoms with Gasteiger partial charge >= 0.3 is 0 Å². The molecule has 0 unspecified atom stereocenters. The number of nitrogens with one attached hydrogen (secondary N) is 1. The zero-order valence-corrected chi connectivity index (χ0v) is 8.49. The number of fused-ring (bicyclic) bond motifs is 1. The summed E-state index contributed by atoms with van der Waals surface area (Å²) in [5, 5.41) is 4.03. The highest BCUT2D eigenvalue weighted by molar-refractivity contribution is 6.06. The maximum Gasteiger partial charge on any atom is 0.239 e. The maximum atomic E-state index is 11.0. The summed E-state index contributed by atoms with van der Waals surface area (Å²) in [6.45, 7) is 2.21. The van der Waals surface area contributed by atoms with E-state index in [0.29, 0.717) is 13.0 Å². The Morgan fingerprint density at radius 1 is 1.53 bits per heavy atom. The molecule has 1 aliphatic heterocycles. The standard InChI is InChI=1S/C11H12N2O2/c1-2-11(14)13-12-9-7-15-10-6-4-3-5-8(9)10/h3-6H,2,7H2,1H3,(H,13,14)/b12-9-. The summed E-state index contributed by atoms with van der Waals surface area (Å²) in [6, 6.07) is 7.65. The zero-order valence-electron chi connectivity index (χ0n) is 8.49. The monoisotopic (exact) mass is 204 g/mol. The van der Waals surface area contributed by atoms with Crippen LogP contribution in [-0.4, -0.2) is 18.2 Å². The molecule has 0 saturated carbocycles. The van der Waals surface area contributed by atoms with Gasteiger partial charge in [0, 0.05) is 12.0 Å². The number of rotatable bonds is 2. The summed E-state index contributed by atoms with van der Waals surface area (Å²) >= 11 is 0. The first kappa shape index (κ1) is 9.71. The van der Waals surface area contributed by atoms with Crippen molar-refractivity contribution in [2.24, 2.45) is 5.10 Å². The summed E-state index contributed by atoms with van der Waals surface area (Å²) in [5.41, 5.74) is 4.21. The van der Waals surface area contributed by atoms with E-state index in [1.54, 1.807) is 6.92 Å². The van der Waals surface area contributed by atoms with Gasteiger partial charge in [0.2, 0.25) is 5.91 Å². The third kappa shape index (κ3) is 1.98. The smallest absolute Gasteiger partial charge is 0.239 e. The fourth-order valence-corrected chi connectivity index (χ4v) is 1.36. The number of nitrogens with zero attached hydrogens (tertiary/aromatic N) is 1. The lowest BCUT2D eigenvalue weighted by molar-refractivity contribution is -0.120. The lowest BCUT2D eigenvalue weighted by Crippen LogP contribution is -2.19. The molecule has 0 saturated heterocycles. The maximum absolute atomic E-state index is 11.0. The summed E-state index contributed by atoms with van der Waals surface area (Å²) < 4.78 is 5.39. The number of hydrogen-bond acceptors (Lipinski definition) is 3. The molecule has 1 aliphatic rings. The molecule has 1 N–H and O–H groups in total. The van der Waals surface area contributed by atoms with Gasteiger partial charge in [-0.2, -0.15) is 5.10 Å². The molecular weight excluding hydrogens is 192 g/mol. The first-order chi connectivity index (χ1) is 7.31. The predicted octanol–water partition coefficient (Wildman–Crippen LogP) is 1.31. The molecule has 0 aliphatic carbocycles. The Balaban J connectivity index is 2.17. The van der Waals surface area contributed by atoms with E-state index >= 15 is 0 Å². The van der Waals surface area contributed by atoms with E-state index in [0.717, 1.165) is 17.0 Å². The first-order valence-corrected chi connectivity index (χ1v) is 4.89. The third-order valence-electron chi connectivity index (χ3n) is 2.20. The molecule has 0 aromatic heterocycles. The lowest BCUT2D eigenvalue weighted by Gasteiger charge is -1.97. The summed E-state index contributed by atoms with van der Waals surface area (Å²) in [7, 11) is 0. The van der Waals surface area contributed by atoms with Gasteiger partial charge < -0.3 is 4.74 Å². The first-order valence-electron chi connectivity index (χ1n) is 4.89. The Morgan fingerprint density at radius 3 is 3.13 bits per heavy atom. The highest BCUT2D eigenvalue weighted by atomic mass is 16.5. The van der Waals surface area contributed by atoms with Crippen LogP contribution < -0.4 is 10.2 Å². The second-order valence-corrected chi connectivity index (χ2v) is 3.23. The molecule has 78 valence electrons. The van der Waals surface area contributed by atoms with Crippen molar-refractivity contribution in [1.82, 2.24) is 5.43 Å². The van der Waals surface area contributed by atoms with Crippen molar-refractivity contribution < 1.29 is 9.53 Å². The van der Waals surface area contributed by atoms with Gasteiger partial charge in [-0.3, -0.25) is 4.79 Å². The van der Waals surface area contributed by atoms with Crippen molar-refractivity contribution in [1.29, 1.82) is 0 Å². The summed E-state index contributed by atoms with van der Waals surface area (Å²) in [5.74, 6) is 0.730. The van der Waals surface area contributed by atoms with Gasteiger partial charge in [0.05, 0.1) is 0 Å². The van der Waals surface area contributed by atoms with Crippen LogP contribution in [-0.2, 0) is 4.79 Å². The molecule has 15 heavy (non-hydrogen) atoms. The summed E-state index contributed by atoms with van der Waals surface area (Å²) in [6.07, 6.45) is 0.430. The van der Waals surface area contributed by atoms with E-state index in [9.17, 15) is 4.79 Å². The largest absolute Gasteiger partial charge is 0.487 e. The average Bonchev–Trinajstić information content (AvgIpc) is 2.69. The van der Waals surface area contributed by atoms with Crippen LogP contribution in [0.5, 0.6) is 5.75 Å². The fourth-order valence-electron chi connectivity index (χ4n) is 1.36. The van der Waals surface area contributed by atoms with Gasteiger partial charge in [-0.25, -0.2) is 5.43 Å². The van der Waals surface area contributed by atoms with Crippen molar-refractivity contribution in [2.75, 3.05) is 6.61 Å². The van der Waals surface area contributed by atoms with Crippen molar-refractivity contribution in [2.45, 2.75) is 13.3 Å². The second-order valence-electron chi connectivity index (χ2n) is 3.23. The number of para-hydroxylation sites is 1. The third-order valence-corrected chi connectivity index (χ3v) is 2.20. The van der Waals surface area contributed by atoms with Crippen molar-refractivity contribution in [3.8, 4) is 5.75 Å². The normalized spacial score (nSPS) is 15.9. The molecule has 0 bridgehead atoms. The van der Waals surface area contributed by atoms with E-state index in [1.807, 2.05) is 24.3 Å². The van der Waals surface area contributed by atoms with Gasteiger partial charge in [-0.1, -0.05) is 19.1 Å². The molecule has 1 amide bonds. The summed E-state index contributed by atoms with van der Waals surface area (Å²) in [4.78, 5) is 11.0. The molecule has 2 rings (SSSR count). The van der Waals surface area contributed by atoms with Crippen LogP contribution in [0.3, 0.4) is 0 Å². The minimum atomic E-state index is -0.0909. The molecular formula is C11H12N2O2. The van der Waals surface area contributed by atoms with E-state index < -0.39 is 0 Å². The second kappa shape index (κ2) is 4.13. The molecule has 1 aromatic carbocycles. The number of hydrogen-bond donors (Lipinski definition) is 1. The quantitative estimate of drug-likeness (QED) is 0.738. The number of hydrazone groups is 1. The van der Waals surface area contributed by atoms with Gasteiger partial charge in [0.1, 0.15) is 18.1 Å². The highest BCUT2D eigenvalue weighted by Crippen LogP contribution is 2.24. The van der Waals surface area contributed by atoms with Crippen molar-refractivity contribution >= 4 is 11.6 Å². The topological polar surface area (TPSA) is 50.7 Å². The minimum absolute atomic E-state index is 0.0909. The number of carbonyl (C=O) groups excluding carboxylic acids is 1. The molecule has 4 heteroatoms. The van der Waals surface area contributed by atoms with E-state index in [-0.39, 0.29) is 5.91 Å². The van der Waals surface area contributed by atoms with Crippen LogP contribution in [0.25, 0.3) is 0 Å². The van der Waals surface area contributed by atoms with Gasteiger partial charge in [0.15, 0.2) is 0 Å². The lowest BCUT2D eigenvalue weighted by atomic mass is 10.1. The Kier molecular flexibility index (Phi) is 2.67. The number of ether oxygens (including phenoxy) is 1. The number of carbonyl (C=O) groups is 1. The Bertz CT molecular complexity index is 413. The van der Waals surface area contributed by atoms with Crippen LogP contribution in [0.15, 0.2) is 29.4 Å². The van der Waals surface area contributed by atoms with Crippen LogP contribution in [0.4, 0.5) is 0 Å². The fraction of sp³-hybridized carbons (Fsp3) is 0.273. The van der Waals surface area contributed by atoms with Gasteiger partial charge in [0.25, 0.3) is 0 Å². The molecule has 1 heterocycles. The van der Waals surface area contributed by atoms with E-state index in [2.05, 4.69) is 10.5 Å². The molecule has 0 fully saturated rings. The zero-order chi connectivity index (χ0) is 10.7. The van der Waals surface area contributed by atoms with Crippen LogP contribution >= 0.6 is 0 Å². The van der Waals surface area contributed by atoms with Crippen LogP contribution in [0.1, 0.15) is 18.9 Å². The van der Waals surface area contributed by atoms with Gasteiger partial charge in [-0.15, -0.1) is 0 Å². The average molecular weight is 204 g/mol. The van der Waals surface area contributed by atoms with Crippen molar-refractivity contribution in [3.05, 3.63) is 29.8 Å².